The Morgan fingerprint density at radius 3 is 2.74 bits per heavy atom. The van der Waals surface area contributed by atoms with Crippen LogP contribution < -0.4 is 9.47 Å². The van der Waals surface area contributed by atoms with Gasteiger partial charge in [0.2, 0.25) is 5.82 Å². The highest BCUT2D eigenvalue weighted by molar-refractivity contribution is 9.10. The highest BCUT2D eigenvalue weighted by Crippen LogP contribution is 2.36. The first-order chi connectivity index (χ1) is 13.0. The molecule has 0 aliphatic carbocycles. The first-order valence-corrected chi connectivity index (χ1v) is 8.86. The second-order valence-electron chi connectivity index (χ2n) is 5.29. The third-order valence-corrected chi connectivity index (χ3v) is 4.32. The summed E-state index contributed by atoms with van der Waals surface area (Å²) in [5.74, 6) is 0.624. The van der Waals surface area contributed by atoms with E-state index in [0.29, 0.717) is 17.3 Å². The van der Waals surface area contributed by atoms with Gasteiger partial charge in [0.25, 0.3) is 5.89 Å². The van der Waals surface area contributed by atoms with Crippen LogP contribution in [-0.4, -0.2) is 30.3 Å². The normalized spacial score (nSPS) is 10.5. The number of methoxy groups -OCH3 is 2. The summed E-state index contributed by atoms with van der Waals surface area (Å²) in [5.41, 5.74) is 0.988. The van der Waals surface area contributed by atoms with Gasteiger partial charge < -0.3 is 18.7 Å². The first kappa shape index (κ1) is 19.2. The molecule has 0 saturated heterocycles. The molecule has 0 aliphatic rings. The van der Waals surface area contributed by atoms with Crippen LogP contribution in [0.25, 0.3) is 11.4 Å². The summed E-state index contributed by atoms with van der Waals surface area (Å²) in [6, 6.07) is 10.4. The lowest BCUT2D eigenvalue weighted by Gasteiger charge is -2.11. The van der Waals surface area contributed by atoms with Crippen molar-refractivity contribution in [1.29, 1.82) is 0 Å². The zero-order chi connectivity index (χ0) is 19.4. The summed E-state index contributed by atoms with van der Waals surface area (Å²) >= 11 is 9.49. The highest BCUT2D eigenvalue weighted by atomic mass is 79.9. The summed E-state index contributed by atoms with van der Waals surface area (Å²) in [6.45, 7) is -0.175. The first-order valence-electron chi connectivity index (χ1n) is 7.69. The molecular formula is C18H14BrClN2O5. The minimum atomic E-state index is -0.611. The largest absolute Gasteiger partial charge is 0.493 e. The molecule has 140 valence electrons. The van der Waals surface area contributed by atoms with E-state index >= 15 is 0 Å². The Bertz CT molecular complexity index is 976. The number of ether oxygens (including phenoxy) is 3. The van der Waals surface area contributed by atoms with E-state index in [4.69, 9.17) is 30.3 Å². The Morgan fingerprint density at radius 1 is 1.22 bits per heavy atom. The molecule has 9 heteroatoms. The van der Waals surface area contributed by atoms with E-state index in [0.717, 1.165) is 10.0 Å². The molecule has 1 aromatic heterocycles. The maximum Gasteiger partial charge on any atom is 0.338 e. The number of carbonyl (C=O) groups is 1. The van der Waals surface area contributed by atoms with E-state index in [-0.39, 0.29) is 23.1 Å². The van der Waals surface area contributed by atoms with Gasteiger partial charge in [0, 0.05) is 10.0 Å². The van der Waals surface area contributed by atoms with Crippen LogP contribution in [0.4, 0.5) is 0 Å². The molecule has 3 aromatic rings. The second-order valence-corrected chi connectivity index (χ2v) is 6.61. The van der Waals surface area contributed by atoms with Gasteiger partial charge in [-0.05, 0) is 24.3 Å². The van der Waals surface area contributed by atoms with E-state index in [1.807, 2.05) is 24.3 Å². The number of hydrogen-bond acceptors (Lipinski definition) is 7. The number of hydrogen-bond donors (Lipinski definition) is 0. The van der Waals surface area contributed by atoms with E-state index in [9.17, 15) is 4.79 Å². The average molecular weight is 454 g/mol. The van der Waals surface area contributed by atoms with E-state index in [1.165, 1.54) is 26.4 Å². The maximum absolute atomic E-state index is 12.3. The summed E-state index contributed by atoms with van der Waals surface area (Å²) in [7, 11) is 2.91. The van der Waals surface area contributed by atoms with Crippen LogP contribution >= 0.6 is 27.5 Å². The fourth-order valence-electron chi connectivity index (χ4n) is 2.30. The number of esters is 1. The average Bonchev–Trinajstić information content (AvgIpc) is 3.14. The smallest absolute Gasteiger partial charge is 0.338 e. The molecule has 0 unspecified atom stereocenters. The Balaban J connectivity index is 1.70. The van der Waals surface area contributed by atoms with Crippen molar-refractivity contribution in [3.63, 3.8) is 0 Å². The molecule has 3 rings (SSSR count). The molecular weight excluding hydrogens is 440 g/mol. The van der Waals surface area contributed by atoms with Gasteiger partial charge in [0.15, 0.2) is 18.1 Å². The number of benzene rings is 2. The third kappa shape index (κ3) is 4.40. The van der Waals surface area contributed by atoms with Gasteiger partial charge >= 0.3 is 5.97 Å². The monoisotopic (exact) mass is 452 g/mol. The Hall–Kier alpha value is -2.58. The Morgan fingerprint density at radius 2 is 2.04 bits per heavy atom. The van der Waals surface area contributed by atoms with Crippen molar-refractivity contribution in [2.45, 2.75) is 6.61 Å². The van der Waals surface area contributed by atoms with Crippen molar-refractivity contribution in [1.82, 2.24) is 10.1 Å². The van der Waals surface area contributed by atoms with E-state index < -0.39 is 5.97 Å². The van der Waals surface area contributed by atoms with Crippen molar-refractivity contribution in [3.8, 4) is 22.9 Å². The van der Waals surface area contributed by atoms with Crippen LogP contribution in [-0.2, 0) is 11.3 Å². The van der Waals surface area contributed by atoms with E-state index in [2.05, 4.69) is 26.1 Å². The molecule has 0 fully saturated rings. The van der Waals surface area contributed by atoms with Crippen LogP contribution in [0.3, 0.4) is 0 Å². The van der Waals surface area contributed by atoms with Crippen LogP contribution in [0.2, 0.25) is 5.02 Å². The number of halogens is 2. The van der Waals surface area contributed by atoms with Gasteiger partial charge in [0.05, 0.1) is 24.8 Å². The molecule has 0 aliphatic heterocycles. The van der Waals surface area contributed by atoms with Crippen molar-refractivity contribution in [2.24, 2.45) is 0 Å². The lowest BCUT2D eigenvalue weighted by atomic mass is 10.2. The Kier molecular flexibility index (Phi) is 5.98. The van der Waals surface area contributed by atoms with Crippen molar-refractivity contribution in [3.05, 3.63) is 57.3 Å². The number of nitrogens with zero attached hydrogens (tertiary/aromatic N) is 2. The topological polar surface area (TPSA) is 83.7 Å². The quantitative estimate of drug-likeness (QED) is 0.507. The standard InChI is InChI=1S/C18H14BrClN2O5/c1-24-14-8-11(7-13(20)16(14)25-2)18(23)26-9-15-21-17(22-27-15)10-4-3-5-12(19)6-10/h3-8H,9H2,1-2H3. The van der Waals surface area contributed by atoms with Gasteiger partial charge in [-0.1, -0.05) is 44.8 Å². The minimum Gasteiger partial charge on any atom is -0.493 e. The van der Waals surface area contributed by atoms with Gasteiger partial charge in [-0.25, -0.2) is 4.79 Å². The van der Waals surface area contributed by atoms with E-state index in [1.54, 1.807) is 0 Å². The molecule has 0 atom stereocenters. The van der Waals surface area contributed by atoms with Crippen LogP contribution in [0, 0.1) is 0 Å². The number of carbonyl (C=O) groups excluding carboxylic acids is 1. The fraction of sp³-hybridized carbons (Fsp3) is 0.167. The van der Waals surface area contributed by atoms with Crippen molar-refractivity contribution >= 4 is 33.5 Å². The molecule has 0 amide bonds. The molecule has 2 aromatic carbocycles. The SMILES string of the molecule is COc1cc(C(=O)OCc2nc(-c3cccc(Br)c3)no2)cc(Cl)c1OC. The number of rotatable bonds is 6. The molecule has 7 nitrogen and oxygen atoms in total. The van der Waals surface area contributed by atoms with Crippen molar-refractivity contribution < 1.29 is 23.5 Å². The molecule has 0 saturated carbocycles. The summed E-state index contributed by atoms with van der Waals surface area (Å²) in [5, 5.41) is 4.12. The lowest BCUT2D eigenvalue weighted by molar-refractivity contribution is 0.0429. The molecule has 1 heterocycles. The van der Waals surface area contributed by atoms with Crippen molar-refractivity contribution in [2.75, 3.05) is 14.2 Å². The summed E-state index contributed by atoms with van der Waals surface area (Å²) in [4.78, 5) is 16.5. The summed E-state index contributed by atoms with van der Waals surface area (Å²) < 4.78 is 21.5. The molecule has 0 radical (unpaired) electrons. The summed E-state index contributed by atoms with van der Waals surface area (Å²) in [6.07, 6.45) is 0. The van der Waals surface area contributed by atoms with Crippen LogP contribution in [0.15, 0.2) is 45.4 Å². The van der Waals surface area contributed by atoms with Crippen LogP contribution in [0.1, 0.15) is 16.2 Å². The predicted octanol–water partition coefficient (Wildman–Crippen LogP) is 4.53. The lowest BCUT2D eigenvalue weighted by Crippen LogP contribution is -2.06. The third-order valence-electron chi connectivity index (χ3n) is 3.55. The van der Waals surface area contributed by atoms with Gasteiger partial charge in [-0.15, -0.1) is 0 Å². The van der Waals surface area contributed by atoms with Crippen LogP contribution in [0.5, 0.6) is 11.5 Å². The molecule has 0 spiro atoms. The fourth-order valence-corrected chi connectivity index (χ4v) is 2.99. The second kappa shape index (κ2) is 8.41. The molecule has 0 N–H and O–H groups in total. The maximum atomic E-state index is 12.3. The van der Waals surface area contributed by atoms with Gasteiger partial charge in [-0.2, -0.15) is 4.98 Å². The zero-order valence-electron chi connectivity index (χ0n) is 14.4. The minimum absolute atomic E-state index is 0.171. The van der Waals surface area contributed by atoms with Gasteiger partial charge in [-0.3, -0.25) is 0 Å². The molecule has 0 bridgehead atoms. The predicted molar refractivity (Wildman–Crippen MR) is 101 cm³/mol. The molecule has 27 heavy (non-hydrogen) atoms. The highest BCUT2D eigenvalue weighted by Gasteiger charge is 2.17. The van der Waals surface area contributed by atoms with Gasteiger partial charge in [0.1, 0.15) is 0 Å². The zero-order valence-corrected chi connectivity index (χ0v) is 16.7. The number of aromatic nitrogens is 2. The Labute approximate surface area is 168 Å².